The average Bonchev–Trinajstić information content (AvgIpc) is 2.46. The fourth-order valence-electron chi connectivity index (χ4n) is 1.95. The van der Waals surface area contributed by atoms with Gasteiger partial charge in [0.2, 0.25) is 0 Å². The van der Waals surface area contributed by atoms with E-state index >= 15 is 0 Å². The Morgan fingerprint density at radius 3 is 2.40 bits per heavy atom. The van der Waals surface area contributed by atoms with Crippen molar-refractivity contribution >= 4 is 5.97 Å². The van der Waals surface area contributed by atoms with Gasteiger partial charge in [-0.15, -0.1) is 0 Å². The van der Waals surface area contributed by atoms with Crippen LogP contribution in [0.1, 0.15) is 10.4 Å². The SMILES string of the molecule is COc1ccc(C(=O)O)c(-c2cc(F)ccc2OC)c1. The molecule has 0 saturated carbocycles. The number of hydrogen-bond donors (Lipinski definition) is 1. The second-order valence-electron chi connectivity index (χ2n) is 4.06. The molecule has 0 bridgehead atoms. The van der Waals surface area contributed by atoms with Crippen molar-refractivity contribution in [1.29, 1.82) is 0 Å². The highest BCUT2D eigenvalue weighted by molar-refractivity contribution is 5.97. The Labute approximate surface area is 115 Å². The van der Waals surface area contributed by atoms with Crippen LogP contribution < -0.4 is 9.47 Å². The minimum Gasteiger partial charge on any atom is -0.497 e. The van der Waals surface area contributed by atoms with Crippen molar-refractivity contribution < 1.29 is 23.8 Å². The summed E-state index contributed by atoms with van der Waals surface area (Å²) in [4.78, 5) is 11.3. The Balaban J connectivity index is 2.72. The molecule has 2 aromatic rings. The fraction of sp³-hybridized carbons (Fsp3) is 0.133. The first-order valence-corrected chi connectivity index (χ1v) is 5.82. The highest BCUT2D eigenvalue weighted by Crippen LogP contribution is 2.35. The molecule has 0 aliphatic heterocycles. The molecule has 0 aliphatic carbocycles. The van der Waals surface area contributed by atoms with Crippen molar-refractivity contribution in [3.05, 3.63) is 47.8 Å². The van der Waals surface area contributed by atoms with Crippen molar-refractivity contribution in [2.75, 3.05) is 14.2 Å². The van der Waals surface area contributed by atoms with Gasteiger partial charge in [0.05, 0.1) is 19.8 Å². The second-order valence-corrected chi connectivity index (χ2v) is 4.06. The van der Waals surface area contributed by atoms with Gasteiger partial charge in [-0.2, -0.15) is 0 Å². The van der Waals surface area contributed by atoms with Crippen LogP contribution in [-0.2, 0) is 0 Å². The number of carbonyl (C=O) groups is 1. The summed E-state index contributed by atoms with van der Waals surface area (Å²) in [6.07, 6.45) is 0. The third kappa shape index (κ3) is 2.56. The number of rotatable bonds is 4. The van der Waals surface area contributed by atoms with Crippen LogP contribution in [0.5, 0.6) is 11.5 Å². The summed E-state index contributed by atoms with van der Waals surface area (Å²) < 4.78 is 23.7. The van der Waals surface area contributed by atoms with E-state index in [1.165, 1.54) is 38.5 Å². The molecule has 0 saturated heterocycles. The zero-order valence-corrected chi connectivity index (χ0v) is 11.0. The van der Waals surface area contributed by atoms with E-state index in [1.54, 1.807) is 12.1 Å². The van der Waals surface area contributed by atoms with E-state index in [4.69, 9.17) is 9.47 Å². The predicted molar refractivity (Wildman–Crippen MR) is 71.9 cm³/mol. The van der Waals surface area contributed by atoms with Gasteiger partial charge in [0.25, 0.3) is 0 Å². The van der Waals surface area contributed by atoms with Gasteiger partial charge in [-0.05, 0) is 36.4 Å². The molecule has 2 rings (SSSR count). The first-order valence-electron chi connectivity index (χ1n) is 5.82. The summed E-state index contributed by atoms with van der Waals surface area (Å²) in [6, 6.07) is 8.44. The average molecular weight is 276 g/mol. The van der Waals surface area contributed by atoms with E-state index in [9.17, 15) is 14.3 Å². The van der Waals surface area contributed by atoms with Crippen LogP contribution in [0.25, 0.3) is 11.1 Å². The molecule has 0 atom stereocenters. The van der Waals surface area contributed by atoms with Gasteiger partial charge in [-0.25, -0.2) is 9.18 Å². The van der Waals surface area contributed by atoms with E-state index < -0.39 is 11.8 Å². The lowest BCUT2D eigenvalue weighted by Gasteiger charge is -2.12. The maximum absolute atomic E-state index is 13.5. The van der Waals surface area contributed by atoms with Crippen molar-refractivity contribution in [3.63, 3.8) is 0 Å². The molecule has 0 amide bonds. The van der Waals surface area contributed by atoms with Crippen molar-refractivity contribution in [3.8, 4) is 22.6 Å². The molecule has 0 radical (unpaired) electrons. The maximum atomic E-state index is 13.5. The smallest absolute Gasteiger partial charge is 0.336 e. The molecule has 2 aromatic carbocycles. The molecule has 0 spiro atoms. The maximum Gasteiger partial charge on any atom is 0.336 e. The highest BCUT2D eigenvalue weighted by Gasteiger charge is 2.17. The van der Waals surface area contributed by atoms with Crippen LogP contribution in [0.2, 0.25) is 0 Å². The molecule has 5 heteroatoms. The molecule has 104 valence electrons. The normalized spacial score (nSPS) is 10.2. The van der Waals surface area contributed by atoms with Crippen molar-refractivity contribution in [2.45, 2.75) is 0 Å². The van der Waals surface area contributed by atoms with Gasteiger partial charge >= 0.3 is 5.97 Å². The molecular formula is C15H13FO4. The molecule has 1 N–H and O–H groups in total. The number of aromatic carboxylic acids is 1. The molecule has 0 heterocycles. The van der Waals surface area contributed by atoms with E-state index in [-0.39, 0.29) is 5.56 Å². The first-order chi connectivity index (χ1) is 9.56. The predicted octanol–water partition coefficient (Wildman–Crippen LogP) is 3.21. The summed E-state index contributed by atoms with van der Waals surface area (Å²) in [6.45, 7) is 0. The largest absolute Gasteiger partial charge is 0.497 e. The van der Waals surface area contributed by atoms with Crippen LogP contribution in [0.4, 0.5) is 4.39 Å². The zero-order chi connectivity index (χ0) is 14.7. The number of carboxylic acids is 1. The Morgan fingerprint density at radius 2 is 1.80 bits per heavy atom. The first kappa shape index (κ1) is 13.9. The summed E-state index contributed by atoms with van der Waals surface area (Å²) in [5.41, 5.74) is 0.756. The number of methoxy groups -OCH3 is 2. The van der Waals surface area contributed by atoms with Gasteiger partial charge in [0.1, 0.15) is 17.3 Å². The number of ether oxygens (including phenoxy) is 2. The lowest BCUT2D eigenvalue weighted by molar-refractivity contribution is 0.0697. The Bertz CT molecular complexity index is 652. The van der Waals surface area contributed by atoms with Crippen molar-refractivity contribution in [1.82, 2.24) is 0 Å². The standard InChI is InChI=1S/C15H13FO4/c1-19-10-4-5-11(15(17)18)12(8-10)13-7-9(16)3-6-14(13)20-2/h3-8H,1-2H3,(H,17,18). The second kappa shape index (κ2) is 5.61. The molecule has 0 aliphatic rings. The van der Waals surface area contributed by atoms with Crippen molar-refractivity contribution in [2.24, 2.45) is 0 Å². The van der Waals surface area contributed by atoms with Crippen LogP contribution in [-0.4, -0.2) is 25.3 Å². The third-order valence-corrected chi connectivity index (χ3v) is 2.91. The van der Waals surface area contributed by atoms with Crippen LogP contribution >= 0.6 is 0 Å². The lowest BCUT2D eigenvalue weighted by atomic mass is 9.98. The summed E-state index contributed by atoms with van der Waals surface area (Å²) in [5.74, 6) is -0.701. The van der Waals surface area contributed by atoms with E-state index in [0.29, 0.717) is 22.6 Å². The number of benzene rings is 2. The minimum atomic E-state index is -1.10. The van der Waals surface area contributed by atoms with E-state index in [1.807, 2.05) is 0 Å². The summed E-state index contributed by atoms with van der Waals surface area (Å²) in [5, 5.41) is 9.25. The molecular weight excluding hydrogens is 263 g/mol. The van der Waals surface area contributed by atoms with Gasteiger partial charge in [0, 0.05) is 11.1 Å². The molecule has 0 unspecified atom stereocenters. The monoisotopic (exact) mass is 276 g/mol. The Hall–Kier alpha value is -2.56. The Morgan fingerprint density at radius 1 is 1.05 bits per heavy atom. The Kier molecular flexibility index (Phi) is 3.89. The van der Waals surface area contributed by atoms with E-state index in [0.717, 1.165) is 0 Å². The quantitative estimate of drug-likeness (QED) is 0.931. The molecule has 0 aromatic heterocycles. The fourth-order valence-corrected chi connectivity index (χ4v) is 1.95. The topological polar surface area (TPSA) is 55.8 Å². The zero-order valence-electron chi connectivity index (χ0n) is 11.0. The molecule has 20 heavy (non-hydrogen) atoms. The minimum absolute atomic E-state index is 0.0506. The lowest BCUT2D eigenvalue weighted by Crippen LogP contribution is -2.01. The number of carboxylic acid groups (broad SMARTS) is 1. The van der Waals surface area contributed by atoms with Crippen LogP contribution in [0, 0.1) is 5.82 Å². The molecule has 0 fully saturated rings. The summed E-state index contributed by atoms with van der Waals surface area (Å²) >= 11 is 0. The van der Waals surface area contributed by atoms with Gasteiger partial charge in [-0.1, -0.05) is 0 Å². The number of halogens is 1. The van der Waals surface area contributed by atoms with Crippen LogP contribution in [0.3, 0.4) is 0 Å². The summed E-state index contributed by atoms with van der Waals surface area (Å²) in [7, 11) is 2.92. The van der Waals surface area contributed by atoms with E-state index in [2.05, 4.69) is 0 Å². The molecule has 4 nitrogen and oxygen atoms in total. The van der Waals surface area contributed by atoms with Crippen LogP contribution in [0.15, 0.2) is 36.4 Å². The third-order valence-electron chi connectivity index (χ3n) is 2.91. The highest BCUT2D eigenvalue weighted by atomic mass is 19.1. The number of hydrogen-bond acceptors (Lipinski definition) is 3. The van der Waals surface area contributed by atoms with Gasteiger partial charge in [-0.3, -0.25) is 0 Å². The van der Waals surface area contributed by atoms with Gasteiger partial charge in [0.15, 0.2) is 0 Å². The van der Waals surface area contributed by atoms with Gasteiger partial charge < -0.3 is 14.6 Å².